The Balaban J connectivity index is 2.17. The number of ether oxygens (including phenoxy) is 1. The van der Waals surface area contributed by atoms with Crippen molar-refractivity contribution >= 4 is 17.1 Å². The minimum atomic E-state index is -0.521. The van der Waals surface area contributed by atoms with Crippen molar-refractivity contribution in [2.24, 2.45) is 0 Å². The fourth-order valence-electron chi connectivity index (χ4n) is 1.87. The number of rotatable bonds is 2. The first-order valence-electron chi connectivity index (χ1n) is 5.68. The number of anilines is 1. The number of nitrogens with zero attached hydrogens (tertiary/aromatic N) is 2. The number of aromatic amines is 2. The highest BCUT2D eigenvalue weighted by molar-refractivity contribution is 5.75. The summed E-state index contributed by atoms with van der Waals surface area (Å²) in [6, 6.07) is 4.36. The van der Waals surface area contributed by atoms with Crippen LogP contribution in [0.15, 0.2) is 23.0 Å². The summed E-state index contributed by atoms with van der Waals surface area (Å²) in [4.78, 5) is 24.8. The third-order valence-electron chi connectivity index (χ3n) is 2.80. The molecular formula is C12H10FN5O2. The molecule has 3 rings (SSSR count). The molecule has 0 atom stereocenters. The first-order chi connectivity index (χ1) is 9.58. The molecule has 4 N–H and O–H groups in total. The normalized spacial score (nSPS) is 10.9. The van der Waals surface area contributed by atoms with Gasteiger partial charge >= 0.3 is 0 Å². The lowest BCUT2D eigenvalue weighted by Crippen LogP contribution is -2.10. The predicted octanol–water partition coefficient (Wildman–Crippen LogP) is 1.04. The number of aromatic nitrogens is 4. The van der Waals surface area contributed by atoms with Gasteiger partial charge in [0.2, 0.25) is 5.95 Å². The van der Waals surface area contributed by atoms with Gasteiger partial charge in [-0.15, -0.1) is 0 Å². The van der Waals surface area contributed by atoms with Gasteiger partial charge in [0.05, 0.1) is 7.11 Å². The molecule has 1 aromatic carbocycles. The number of hydrogen-bond donors (Lipinski definition) is 3. The summed E-state index contributed by atoms with van der Waals surface area (Å²) >= 11 is 0. The van der Waals surface area contributed by atoms with E-state index < -0.39 is 11.4 Å². The van der Waals surface area contributed by atoms with E-state index in [-0.39, 0.29) is 22.9 Å². The first-order valence-corrected chi connectivity index (χ1v) is 5.68. The fourth-order valence-corrected chi connectivity index (χ4v) is 1.87. The van der Waals surface area contributed by atoms with E-state index in [2.05, 4.69) is 19.9 Å². The van der Waals surface area contributed by atoms with Crippen LogP contribution in [-0.4, -0.2) is 27.0 Å². The van der Waals surface area contributed by atoms with E-state index in [1.807, 2.05) is 0 Å². The van der Waals surface area contributed by atoms with Crippen LogP contribution in [0.5, 0.6) is 5.75 Å². The maximum Gasteiger partial charge on any atom is 0.278 e. The highest BCUT2D eigenvalue weighted by Gasteiger charge is 2.12. The van der Waals surface area contributed by atoms with Gasteiger partial charge in [-0.25, -0.2) is 9.37 Å². The van der Waals surface area contributed by atoms with Crippen LogP contribution < -0.4 is 16.0 Å². The summed E-state index contributed by atoms with van der Waals surface area (Å²) in [5, 5.41) is 0. The highest BCUT2D eigenvalue weighted by Crippen LogP contribution is 2.24. The fraction of sp³-hybridized carbons (Fsp3) is 0.0833. The minimum absolute atomic E-state index is 0.0264. The van der Waals surface area contributed by atoms with E-state index >= 15 is 0 Å². The van der Waals surface area contributed by atoms with Crippen LogP contribution in [0.4, 0.5) is 10.3 Å². The van der Waals surface area contributed by atoms with Crippen LogP contribution in [0.3, 0.4) is 0 Å². The van der Waals surface area contributed by atoms with Gasteiger partial charge in [-0.2, -0.15) is 4.98 Å². The van der Waals surface area contributed by atoms with Gasteiger partial charge in [0, 0.05) is 5.56 Å². The monoisotopic (exact) mass is 275 g/mol. The number of imidazole rings is 1. The summed E-state index contributed by atoms with van der Waals surface area (Å²) < 4.78 is 18.5. The number of H-pyrrole nitrogens is 2. The molecule has 0 spiro atoms. The van der Waals surface area contributed by atoms with Gasteiger partial charge in [-0.05, 0) is 18.2 Å². The molecule has 2 aromatic heterocycles. The van der Waals surface area contributed by atoms with Gasteiger partial charge in [0.15, 0.2) is 22.7 Å². The molecule has 0 unspecified atom stereocenters. The molecule has 0 bridgehead atoms. The Hall–Kier alpha value is -2.90. The van der Waals surface area contributed by atoms with Crippen LogP contribution in [0, 0.1) is 5.82 Å². The molecule has 0 aliphatic heterocycles. The Morgan fingerprint density at radius 2 is 2.10 bits per heavy atom. The molecule has 0 saturated carbocycles. The predicted molar refractivity (Wildman–Crippen MR) is 70.9 cm³/mol. The topological polar surface area (TPSA) is 110 Å². The van der Waals surface area contributed by atoms with Crippen LogP contribution >= 0.6 is 0 Å². The van der Waals surface area contributed by atoms with Crippen molar-refractivity contribution in [2.75, 3.05) is 12.8 Å². The van der Waals surface area contributed by atoms with Crippen LogP contribution in [0.2, 0.25) is 0 Å². The van der Waals surface area contributed by atoms with Gasteiger partial charge in [-0.1, -0.05) is 0 Å². The average Bonchev–Trinajstić information content (AvgIpc) is 2.82. The van der Waals surface area contributed by atoms with E-state index in [1.165, 1.54) is 19.2 Å². The Labute approximate surface area is 111 Å². The zero-order valence-electron chi connectivity index (χ0n) is 10.4. The van der Waals surface area contributed by atoms with Crippen LogP contribution in [-0.2, 0) is 0 Å². The lowest BCUT2D eigenvalue weighted by atomic mass is 10.2. The van der Waals surface area contributed by atoms with Crippen molar-refractivity contribution in [2.45, 2.75) is 0 Å². The number of benzene rings is 1. The van der Waals surface area contributed by atoms with Gasteiger partial charge in [0.1, 0.15) is 5.82 Å². The van der Waals surface area contributed by atoms with Gasteiger partial charge in [-0.3, -0.25) is 9.78 Å². The Kier molecular flexibility index (Phi) is 2.63. The van der Waals surface area contributed by atoms with Crippen molar-refractivity contribution < 1.29 is 9.13 Å². The number of hydrogen-bond acceptors (Lipinski definition) is 5. The molecule has 20 heavy (non-hydrogen) atoms. The smallest absolute Gasteiger partial charge is 0.278 e. The SMILES string of the molecule is COc1ccc(-c2nc3nc(N)[nH]c(=O)c3[nH]2)cc1F. The van der Waals surface area contributed by atoms with E-state index in [0.29, 0.717) is 11.4 Å². The maximum atomic E-state index is 13.7. The summed E-state index contributed by atoms with van der Waals surface area (Å²) in [5.74, 6) is -0.0940. The molecule has 2 heterocycles. The number of nitrogen functional groups attached to an aromatic ring is 1. The zero-order valence-corrected chi connectivity index (χ0v) is 10.4. The standard InChI is InChI=1S/C12H10FN5O2/c1-20-7-3-2-5(4-6(7)13)9-15-8-10(16-9)17-12(14)18-11(8)19/h2-4H,1H3,(H4,14,15,16,17,18,19). The van der Waals surface area contributed by atoms with E-state index in [1.54, 1.807) is 6.07 Å². The van der Waals surface area contributed by atoms with Crippen molar-refractivity contribution in [3.63, 3.8) is 0 Å². The number of halogens is 1. The lowest BCUT2D eigenvalue weighted by molar-refractivity contribution is 0.386. The molecule has 0 radical (unpaired) electrons. The molecule has 0 aliphatic carbocycles. The second-order valence-electron chi connectivity index (χ2n) is 4.08. The molecule has 102 valence electrons. The minimum Gasteiger partial charge on any atom is -0.494 e. The molecule has 0 amide bonds. The quantitative estimate of drug-likeness (QED) is 0.647. The number of fused-ring (bicyclic) bond motifs is 1. The summed E-state index contributed by atoms with van der Waals surface area (Å²) in [7, 11) is 1.38. The number of nitrogens with one attached hydrogen (secondary N) is 2. The third kappa shape index (κ3) is 1.87. The van der Waals surface area contributed by atoms with Gasteiger partial charge in [0.25, 0.3) is 5.56 Å². The van der Waals surface area contributed by atoms with E-state index in [4.69, 9.17) is 10.5 Å². The van der Waals surface area contributed by atoms with Crippen molar-refractivity contribution in [3.05, 3.63) is 34.4 Å². The molecule has 0 saturated heterocycles. The Morgan fingerprint density at radius 1 is 1.30 bits per heavy atom. The van der Waals surface area contributed by atoms with Crippen molar-refractivity contribution in [3.8, 4) is 17.1 Å². The summed E-state index contributed by atoms with van der Waals surface area (Å²) in [6.07, 6.45) is 0. The van der Waals surface area contributed by atoms with E-state index in [9.17, 15) is 9.18 Å². The van der Waals surface area contributed by atoms with E-state index in [0.717, 1.165) is 0 Å². The highest BCUT2D eigenvalue weighted by atomic mass is 19.1. The molecule has 7 nitrogen and oxygen atoms in total. The molecule has 3 aromatic rings. The maximum absolute atomic E-state index is 13.7. The zero-order chi connectivity index (χ0) is 14.3. The molecule has 0 fully saturated rings. The molecular weight excluding hydrogens is 265 g/mol. The first kappa shape index (κ1) is 12.2. The second-order valence-corrected chi connectivity index (χ2v) is 4.08. The summed E-state index contributed by atoms with van der Waals surface area (Å²) in [5.41, 5.74) is 5.84. The summed E-state index contributed by atoms with van der Waals surface area (Å²) in [6.45, 7) is 0. The lowest BCUT2D eigenvalue weighted by Gasteiger charge is -2.02. The molecule has 8 heteroatoms. The Bertz CT molecular complexity index is 855. The number of methoxy groups -OCH3 is 1. The average molecular weight is 275 g/mol. The third-order valence-corrected chi connectivity index (χ3v) is 2.80. The van der Waals surface area contributed by atoms with Crippen LogP contribution in [0.25, 0.3) is 22.6 Å². The van der Waals surface area contributed by atoms with Crippen molar-refractivity contribution in [1.29, 1.82) is 0 Å². The Morgan fingerprint density at radius 3 is 2.80 bits per heavy atom. The largest absolute Gasteiger partial charge is 0.494 e. The van der Waals surface area contributed by atoms with Crippen molar-refractivity contribution in [1.82, 2.24) is 19.9 Å². The number of nitrogens with two attached hydrogens (primary N) is 1. The second kappa shape index (κ2) is 4.34. The molecule has 0 aliphatic rings. The van der Waals surface area contributed by atoms with Crippen LogP contribution in [0.1, 0.15) is 0 Å². The van der Waals surface area contributed by atoms with Gasteiger partial charge < -0.3 is 15.5 Å².